The highest BCUT2D eigenvalue weighted by atomic mass is 19.3. The molecule has 0 aliphatic rings. The van der Waals surface area contributed by atoms with Crippen molar-refractivity contribution in [1.29, 1.82) is 0 Å². The summed E-state index contributed by atoms with van der Waals surface area (Å²) in [5, 5.41) is 8.90. The Kier molecular flexibility index (Phi) is 9.02. The standard InChI is InChI=1S/C26H24F3NO6/c1-34-23-10-6-19(30-25(23)16-3-5-18(27)17(13-16)26(28)29)21(33)8-7-20(32)15-4-9-22(36-12-11-31)24(14-15)35-2/h3-6,9-10,13-14,26,31H,7-8,11-12H2,1-2H3. The van der Waals surface area contributed by atoms with Crippen LogP contribution in [0.2, 0.25) is 0 Å². The molecule has 2 aromatic carbocycles. The van der Waals surface area contributed by atoms with Gasteiger partial charge in [-0.3, -0.25) is 9.59 Å². The maximum Gasteiger partial charge on any atom is 0.266 e. The average Bonchev–Trinajstić information content (AvgIpc) is 2.89. The van der Waals surface area contributed by atoms with Crippen LogP contribution in [0.3, 0.4) is 0 Å². The van der Waals surface area contributed by atoms with Crippen molar-refractivity contribution in [2.75, 3.05) is 27.4 Å². The summed E-state index contributed by atoms with van der Waals surface area (Å²) in [6, 6.07) is 10.5. The van der Waals surface area contributed by atoms with Crippen LogP contribution in [0.1, 0.15) is 45.7 Å². The van der Waals surface area contributed by atoms with Gasteiger partial charge in [-0.15, -0.1) is 0 Å². The van der Waals surface area contributed by atoms with E-state index in [9.17, 15) is 22.8 Å². The molecular formula is C26H24F3NO6. The van der Waals surface area contributed by atoms with Crippen molar-refractivity contribution in [2.24, 2.45) is 0 Å². The number of ether oxygens (including phenoxy) is 3. The summed E-state index contributed by atoms with van der Waals surface area (Å²) in [5.74, 6) is -0.926. The maximum absolute atomic E-state index is 13.7. The van der Waals surface area contributed by atoms with Crippen LogP contribution >= 0.6 is 0 Å². The Hall–Kier alpha value is -3.92. The van der Waals surface area contributed by atoms with Crippen molar-refractivity contribution in [1.82, 2.24) is 4.98 Å². The Morgan fingerprint density at radius 3 is 2.28 bits per heavy atom. The number of nitrogens with zero attached hydrogens (tertiary/aromatic N) is 1. The van der Waals surface area contributed by atoms with Crippen molar-refractivity contribution in [3.05, 3.63) is 71.2 Å². The third kappa shape index (κ3) is 6.19. The molecular weight excluding hydrogens is 479 g/mol. The Labute approximate surface area is 205 Å². The van der Waals surface area contributed by atoms with Gasteiger partial charge in [-0.25, -0.2) is 18.2 Å². The second-order valence-electron chi connectivity index (χ2n) is 7.57. The fraction of sp³-hybridized carbons (Fsp3) is 0.269. The molecule has 0 fully saturated rings. The van der Waals surface area contributed by atoms with Gasteiger partial charge in [-0.05, 0) is 48.5 Å². The number of halogens is 3. The van der Waals surface area contributed by atoms with Crippen LogP contribution in [0, 0.1) is 5.82 Å². The molecule has 0 amide bonds. The molecule has 1 N–H and O–H groups in total. The van der Waals surface area contributed by atoms with Gasteiger partial charge < -0.3 is 19.3 Å². The number of hydrogen-bond acceptors (Lipinski definition) is 7. The van der Waals surface area contributed by atoms with Gasteiger partial charge in [0.2, 0.25) is 0 Å². The second-order valence-corrected chi connectivity index (χ2v) is 7.57. The zero-order valence-electron chi connectivity index (χ0n) is 19.6. The lowest BCUT2D eigenvalue weighted by Gasteiger charge is -2.12. The van der Waals surface area contributed by atoms with Crippen LogP contribution in [-0.4, -0.2) is 49.1 Å². The van der Waals surface area contributed by atoms with E-state index in [1.165, 1.54) is 50.6 Å². The molecule has 0 saturated heterocycles. The first-order valence-corrected chi connectivity index (χ1v) is 10.9. The van der Waals surface area contributed by atoms with Crippen LogP contribution < -0.4 is 14.2 Å². The summed E-state index contributed by atoms with van der Waals surface area (Å²) in [5.41, 5.74) is -0.219. The molecule has 0 unspecified atom stereocenters. The topological polar surface area (TPSA) is 95.0 Å². The zero-order chi connectivity index (χ0) is 26.2. The third-order valence-electron chi connectivity index (χ3n) is 5.28. The van der Waals surface area contributed by atoms with Gasteiger partial charge in [0.25, 0.3) is 6.43 Å². The number of methoxy groups -OCH3 is 2. The van der Waals surface area contributed by atoms with Crippen LogP contribution in [-0.2, 0) is 0 Å². The van der Waals surface area contributed by atoms with Crippen molar-refractivity contribution in [3.63, 3.8) is 0 Å². The zero-order valence-corrected chi connectivity index (χ0v) is 19.6. The number of rotatable bonds is 12. The van der Waals surface area contributed by atoms with Crippen molar-refractivity contribution >= 4 is 11.6 Å². The molecule has 0 spiro atoms. The number of aliphatic hydroxyl groups excluding tert-OH is 1. The lowest BCUT2D eigenvalue weighted by atomic mass is 10.0. The molecule has 0 atom stereocenters. The van der Waals surface area contributed by atoms with Crippen LogP contribution in [0.15, 0.2) is 48.5 Å². The first-order valence-electron chi connectivity index (χ1n) is 10.9. The summed E-state index contributed by atoms with van der Waals surface area (Å²) in [4.78, 5) is 29.7. The Morgan fingerprint density at radius 2 is 1.61 bits per heavy atom. The van der Waals surface area contributed by atoms with Crippen molar-refractivity contribution < 1.29 is 42.1 Å². The molecule has 36 heavy (non-hydrogen) atoms. The number of Topliss-reactive ketones (excluding diaryl/α,β-unsaturated/α-hetero) is 2. The first kappa shape index (κ1) is 26.7. The van der Waals surface area contributed by atoms with E-state index in [1.807, 2.05) is 0 Å². The largest absolute Gasteiger partial charge is 0.494 e. The molecule has 7 nitrogen and oxygen atoms in total. The molecule has 190 valence electrons. The molecule has 10 heteroatoms. The number of pyridine rings is 1. The van der Waals surface area contributed by atoms with E-state index < -0.39 is 23.6 Å². The molecule has 0 bridgehead atoms. The Morgan fingerprint density at radius 1 is 0.917 bits per heavy atom. The lowest BCUT2D eigenvalue weighted by molar-refractivity contribution is 0.0914. The van der Waals surface area contributed by atoms with E-state index in [4.69, 9.17) is 19.3 Å². The van der Waals surface area contributed by atoms with Gasteiger partial charge in [0, 0.05) is 24.0 Å². The van der Waals surface area contributed by atoms with Gasteiger partial charge in [0.15, 0.2) is 23.1 Å². The van der Waals surface area contributed by atoms with E-state index in [2.05, 4.69) is 4.98 Å². The summed E-state index contributed by atoms with van der Waals surface area (Å²) in [6.45, 7) is -0.113. The molecule has 0 aliphatic heterocycles. The Balaban J connectivity index is 1.77. The van der Waals surface area contributed by atoms with E-state index in [-0.39, 0.29) is 54.5 Å². The predicted molar refractivity (Wildman–Crippen MR) is 125 cm³/mol. The predicted octanol–water partition coefficient (Wildman–Crippen LogP) is 5.06. The first-order chi connectivity index (χ1) is 17.3. The van der Waals surface area contributed by atoms with Crippen molar-refractivity contribution in [3.8, 4) is 28.5 Å². The molecule has 0 radical (unpaired) electrons. The third-order valence-corrected chi connectivity index (χ3v) is 5.28. The molecule has 1 heterocycles. The van der Waals surface area contributed by atoms with E-state index >= 15 is 0 Å². The summed E-state index contributed by atoms with van der Waals surface area (Å²) in [6.07, 6.45) is -3.30. The summed E-state index contributed by atoms with van der Waals surface area (Å²) in [7, 11) is 2.77. The number of carbonyl (C=O) groups excluding carboxylic acids is 2. The average molecular weight is 503 g/mol. The van der Waals surface area contributed by atoms with Gasteiger partial charge in [-0.2, -0.15) is 0 Å². The normalized spacial score (nSPS) is 10.9. The number of carbonyl (C=O) groups is 2. The highest BCUT2D eigenvalue weighted by Gasteiger charge is 2.19. The number of ketones is 2. The molecule has 3 rings (SSSR count). The highest BCUT2D eigenvalue weighted by molar-refractivity contribution is 6.02. The monoisotopic (exact) mass is 503 g/mol. The SMILES string of the molecule is COc1cc(C(=O)CCC(=O)c2ccc(OC)c(-c3ccc(F)c(C(F)F)c3)n2)ccc1OCCO. The number of aromatic nitrogens is 1. The number of aliphatic hydroxyl groups is 1. The number of benzene rings is 2. The van der Waals surface area contributed by atoms with Crippen LogP contribution in [0.4, 0.5) is 13.2 Å². The van der Waals surface area contributed by atoms with Gasteiger partial charge >= 0.3 is 0 Å². The molecule has 3 aromatic rings. The van der Waals surface area contributed by atoms with Gasteiger partial charge in [-0.1, -0.05) is 0 Å². The minimum absolute atomic E-state index is 0.00635. The lowest BCUT2D eigenvalue weighted by Crippen LogP contribution is -2.09. The fourth-order valence-corrected chi connectivity index (χ4v) is 3.45. The van der Waals surface area contributed by atoms with Crippen LogP contribution in [0.5, 0.6) is 17.2 Å². The smallest absolute Gasteiger partial charge is 0.266 e. The van der Waals surface area contributed by atoms with E-state index in [1.54, 1.807) is 0 Å². The van der Waals surface area contributed by atoms with E-state index in [0.717, 1.165) is 12.1 Å². The molecule has 0 aliphatic carbocycles. The highest BCUT2D eigenvalue weighted by Crippen LogP contribution is 2.33. The number of hydrogen-bond donors (Lipinski definition) is 1. The molecule has 0 saturated carbocycles. The van der Waals surface area contributed by atoms with E-state index in [0.29, 0.717) is 17.1 Å². The summed E-state index contributed by atoms with van der Waals surface area (Å²) < 4.78 is 55.8. The van der Waals surface area contributed by atoms with Gasteiger partial charge in [0.1, 0.15) is 29.6 Å². The molecule has 1 aromatic heterocycles. The maximum atomic E-state index is 13.7. The second kappa shape index (κ2) is 12.2. The number of alkyl halides is 2. The van der Waals surface area contributed by atoms with Gasteiger partial charge in [0.05, 0.1) is 26.4 Å². The fourth-order valence-electron chi connectivity index (χ4n) is 3.45. The van der Waals surface area contributed by atoms with Crippen molar-refractivity contribution in [2.45, 2.75) is 19.3 Å². The Bertz CT molecular complexity index is 1250. The minimum atomic E-state index is -3.03. The van der Waals surface area contributed by atoms with Crippen LogP contribution in [0.25, 0.3) is 11.3 Å². The summed E-state index contributed by atoms with van der Waals surface area (Å²) >= 11 is 0. The minimum Gasteiger partial charge on any atom is -0.494 e. The quantitative estimate of drug-likeness (QED) is 0.345.